The number of sulfonamides is 2. The summed E-state index contributed by atoms with van der Waals surface area (Å²) < 4.78 is 48.8. The molecule has 0 saturated carbocycles. The lowest BCUT2D eigenvalue weighted by Gasteiger charge is -2.30. The Morgan fingerprint density at radius 2 is 1.36 bits per heavy atom. The van der Waals surface area contributed by atoms with Crippen molar-refractivity contribution in [1.29, 1.82) is 0 Å². The van der Waals surface area contributed by atoms with Gasteiger partial charge in [0.15, 0.2) is 0 Å². The normalized spacial score (nSPS) is 22.6. The van der Waals surface area contributed by atoms with E-state index in [4.69, 9.17) is 5.11 Å². The number of rotatable bonds is 5. The van der Waals surface area contributed by atoms with Gasteiger partial charge in [-0.05, 0) is 49.9 Å². The first-order chi connectivity index (χ1) is 15.3. The smallest absolute Gasteiger partial charge is 0.307 e. The van der Waals surface area contributed by atoms with Gasteiger partial charge in [0.05, 0.1) is 24.3 Å². The van der Waals surface area contributed by atoms with Crippen molar-refractivity contribution in [3.63, 3.8) is 0 Å². The van der Waals surface area contributed by atoms with Gasteiger partial charge in [0.1, 0.15) is 0 Å². The molecule has 1 amide bonds. The monoisotopic (exact) mass is 567 g/mol. The number of nitrogens with one attached hydrogen (secondary N) is 1. The van der Waals surface area contributed by atoms with Crippen LogP contribution in [0.4, 0.5) is 5.69 Å². The number of piperidine rings is 2. The molecule has 1 aromatic carbocycles. The van der Waals surface area contributed by atoms with Crippen molar-refractivity contribution < 1.29 is 31.5 Å². The molecule has 2 atom stereocenters. The summed E-state index contributed by atoms with van der Waals surface area (Å²) >= 11 is 3.33. The molecule has 0 unspecified atom stereocenters. The zero-order chi connectivity index (χ0) is 24.8. The Hall–Kier alpha value is -1.54. The van der Waals surface area contributed by atoms with Gasteiger partial charge in [-0.1, -0.05) is 15.9 Å². The van der Waals surface area contributed by atoms with Crippen molar-refractivity contribution in [2.24, 2.45) is 11.8 Å². The number of anilines is 1. The number of carbonyl (C=O) groups excluding carboxylic acids is 1. The standard InChI is InChI=1S/C13H17BrN2O3S.C7H13NO4S/c1-20(18,19)16-8-2-3-10(9-16)13(17)15-12-6-4-11(14)5-7-12;1-13(11,12)8-4-2-3-6(5-8)7(9)10/h4-7,10H,2-3,8-9H2,1H3,(H,15,17);6H,2-5H2,1H3,(H,9,10)/t10-;6-/m00/s1. The number of aliphatic carboxylic acids is 1. The predicted molar refractivity (Wildman–Crippen MR) is 129 cm³/mol. The van der Waals surface area contributed by atoms with Crippen molar-refractivity contribution in [2.75, 3.05) is 44.0 Å². The lowest BCUT2D eigenvalue weighted by molar-refractivity contribution is -0.142. The summed E-state index contributed by atoms with van der Waals surface area (Å²) in [7, 11) is -6.45. The van der Waals surface area contributed by atoms with E-state index in [1.165, 1.54) is 14.9 Å². The Balaban J connectivity index is 0.000000257. The summed E-state index contributed by atoms with van der Waals surface area (Å²) in [4.78, 5) is 22.8. The van der Waals surface area contributed by atoms with Gasteiger partial charge < -0.3 is 10.4 Å². The highest BCUT2D eigenvalue weighted by Gasteiger charge is 2.31. The topological polar surface area (TPSA) is 141 Å². The van der Waals surface area contributed by atoms with Crippen LogP contribution < -0.4 is 5.32 Å². The van der Waals surface area contributed by atoms with E-state index in [1.54, 1.807) is 12.1 Å². The highest BCUT2D eigenvalue weighted by atomic mass is 79.9. The largest absolute Gasteiger partial charge is 0.481 e. The minimum Gasteiger partial charge on any atom is -0.481 e. The fraction of sp³-hybridized carbons (Fsp3) is 0.600. The summed E-state index contributed by atoms with van der Waals surface area (Å²) in [5, 5.41) is 11.5. The van der Waals surface area contributed by atoms with Crippen molar-refractivity contribution >= 4 is 53.5 Å². The van der Waals surface area contributed by atoms with Gasteiger partial charge in [-0.25, -0.2) is 25.4 Å². The molecule has 2 aliphatic rings. The van der Waals surface area contributed by atoms with Crippen LogP contribution in [0.25, 0.3) is 0 Å². The number of halogens is 1. The molecule has 0 aliphatic carbocycles. The fourth-order valence-electron chi connectivity index (χ4n) is 3.68. The van der Waals surface area contributed by atoms with Gasteiger partial charge >= 0.3 is 5.97 Å². The van der Waals surface area contributed by atoms with Gasteiger partial charge in [0.25, 0.3) is 0 Å². The average molecular weight is 569 g/mol. The van der Waals surface area contributed by atoms with E-state index in [0.29, 0.717) is 38.8 Å². The Labute approximate surface area is 203 Å². The summed E-state index contributed by atoms with van der Waals surface area (Å²) in [5.74, 6) is -1.86. The molecule has 2 saturated heterocycles. The zero-order valence-electron chi connectivity index (χ0n) is 18.6. The molecule has 0 spiro atoms. The zero-order valence-corrected chi connectivity index (χ0v) is 21.8. The average Bonchev–Trinajstić information content (AvgIpc) is 2.75. The van der Waals surface area contributed by atoms with Crippen LogP contribution in [0.15, 0.2) is 28.7 Å². The number of carboxylic acid groups (broad SMARTS) is 1. The number of hydrogen-bond donors (Lipinski definition) is 2. The summed E-state index contributed by atoms with van der Waals surface area (Å²) in [6.45, 7) is 1.33. The van der Waals surface area contributed by atoms with E-state index in [1.807, 2.05) is 12.1 Å². The molecule has 2 N–H and O–H groups in total. The molecule has 186 valence electrons. The Bertz CT molecular complexity index is 1050. The van der Waals surface area contributed by atoms with Gasteiger partial charge in [-0.3, -0.25) is 9.59 Å². The van der Waals surface area contributed by atoms with E-state index >= 15 is 0 Å². The molecule has 0 aromatic heterocycles. The van der Waals surface area contributed by atoms with Crippen molar-refractivity contribution in [3.8, 4) is 0 Å². The van der Waals surface area contributed by atoms with Crippen LogP contribution in [0.1, 0.15) is 25.7 Å². The van der Waals surface area contributed by atoms with Crippen LogP contribution in [0.3, 0.4) is 0 Å². The van der Waals surface area contributed by atoms with Crippen molar-refractivity contribution in [1.82, 2.24) is 8.61 Å². The Morgan fingerprint density at radius 1 is 0.909 bits per heavy atom. The first-order valence-electron chi connectivity index (χ1n) is 10.5. The fourth-order valence-corrected chi connectivity index (χ4v) is 5.77. The maximum absolute atomic E-state index is 12.2. The molecule has 2 fully saturated rings. The maximum Gasteiger partial charge on any atom is 0.307 e. The highest BCUT2D eigenvalue weighted by molar-refractivity contribution is 9.10. The van der Waals surface area contributed by atoms with E-state index in [0.717, 1.165) is 16.4 Å². The number of amides is 1. The first-order valence-corrected chi connectivity index (χ1v) is 15.0. The minimum atomic E-state index is -3.22. The number of carbonyl (C=O) groups is 2. The van der Waals surface area contributed by atoms with Crippen LogP contribution in [0.5, 0.6) is 0 Å². The molecule has 0 radical (unpaired) electrons. The molecule has 3 rings (SSSR count). The van der Waals surface area contributed by atoms with Crippen LogP contribution in [0, 0.1) is 11.8 Å². The van der Waals surface area contributed by atoms with Crippen molar-refractivity contribution in [2.45, 2.75) is 25.7 Å². The third kappa shape index (κ3) is 8.96. The summed E-state index contributed by atoms with van der Waals surface area (Å²) in [5.41, 5.74) is 0.717. The molecule has 10 nitrogen and oxygen atoms in total. The van der Waals surface area contributed by atoms with Crippen LogP contribution in [0.2, 0.25) is 0 Å². The second kappa shape index (κ2) is 11.7. The predicted octanol–water partition coefficient (Wildman–Crippen LogP) is 1.80. The molecule has 33 heavy (non-hydrogen) atoms. The second-order valence-electron chi connectivity index (χ2n) is 8.25. The third-order valence-electron chi connectivity index (χ3n) is 5.54. The van der Waals surface area contributed by atoms with Gasteiger partial charge in [-0.2, -0.15) is 0 Å². The summed E-state index contributed by atoms with van der Waals surface area (Å²) in [6, 6.07) is 7.30. The first kappa shape index (κ1) is 27.7. The Kier molecular flexibility index (Phi) is 9.85. The lowest BCUT2D eigenvalue weighted by Crippen LogP contribution is -2.43. The van der Waals surface area contributed by atoms with E-state index in [2.05, 4.69) is 21.2 Å². The molecule has 13 heteroatoms. The lowest BCUT2D eigenvalue weighted by atomic mass is 9.99. The third-order valence-corrected chi connectivity index (χ3v) is 8.61. The van der Waals surface area contributed by atoms with Gasteiger partial charge in [0, 0.05) is 36.3 Å². The molecule has 2 heterocycles. The molecular weight excluding hydrogens is 538 g/mol. The second-order valence-corrected chi connectivity index (χ2v) is 13.1. The molecule has 0 bridgehead atoms. The number of carboxylic acids is 1. The Morgan fingerprint density at radius 3 is 1.82 bits per heavy atom. The SMILES string of the molecule is CS(=O)(=O)N1CCC[C@H](C(=O)Nc2ccc(Br)cc2)C1.CS(=O)(=O)N1CCC[C@H](C(=O)O)C1. The van der Waals surface area contributed by atoms with Crippen molar-refractivity contribution in [3.05, 3.63) is 28.7 Å². The van der Waals surface area contributed by atoms with Crippen LogP contribution >= 0.6 is 15.9 Å². The van der Waals surface area contributed by atoms with Crippen LogP contribution in [-0.4, -0.2) is 81.1 Å². The number of benzene rings is 1. The number of nitrogens with zero attached hydrogens (tertiary/aromatic N) is 2. The van der Waals surface area contributed by atoms with Gasteiger partial charge in [-0.15, -0.1) is 0 Å². The van der Waals surface area contributed by atoms with Crippen LogP contribution in [-0.2, 0) is 29.6 Å². The van der Waals surface area contributed by atoms with Gasteiger partial charge in [0.2, 0.25) is 26.0 Å². The minimum absolute atomic E-state index is 0.119. The highest BCUT2D eigenvalue weighted by Crippen LogP contribution is 2.21. The summed E-state index contributed by atoms with van der Waals surface area (Å²) in [6.07, 6.45) is 4.92. The van der Waals surface area contributed by atoms with E-state index in [-0.39, 0.29) is 24.9 Å². The van der Waals surface area contributed by atoms with E-state index in [9.17, 15) is 26.4 Å². The quantitative estimate of drug-likeness (QED) is 0.552. The van der Waals surface area contributed by atoms with E-state index < -0.39 is 31.9 Å². The maximum atomic E-state index is 12.2. The molecule has 1 aromatic rings. The number of hydrogen-bond acceptors (Lipinski definition) is 6. The molecule has 2 aliphatic heterocycles. The molecular formula is C20H30BrN3O7S2.